The van der Waals surface area contributed by atoms with E-state index in [1.165, 1.54) is 0 Å². The molecule has 1 aliphatic carbocycles. The molecule has 1 amide bonds. The summed E-state index contributed by atoms with van der Waals surface area (Å²) in [6.07, 6.45) is 3.03. The molecule has 2 heterocycles. The highest BCUT2D eigenvalue weighted by Crippen LogP contribution is 2.37. The van der Waals surface area contributed by atoms with E-state index in [0.29, 0.717) is 25.2 Å². The van der Waals surface area contributed by atoms with E-state index in [2.05, 4.69) is 15.3 Å². The summed E-state index contributed by atoms with van der Waals surface area (Å²) in [7, 11) is 0. The smallest absolute Gasteiger partial charge is 0.222 e. The number of aliphatic hydroxyl groups excluding tert-OH is 2. The van der Waals surface area contributed by atoms with Crippen LogP contribution >= 0.6 is 0 Å². The number of aliphatic hydroxyl groups is 2. The quantitative estimate of drug-likeness (QED) is 0.582. The number of aryl methyl sites for hydroxylation is 1. The van der Waals surface area contributed by atoms with Crippen molar-refractivity contribution in [2.45, 2.75) is 44.6 Å². The van der Waals surface area contributed by atoms with Gasteiger partial charge in [0.25, 0.3) is 0 Å². The molecule has 146 valence electrons. The van der Waals surface area contributed by atoms with Gasteiger partial charge in [-0.1, -0.05) is 18.2 Å². The number of benzene rings is 1. The van der Waals surface area contributed by atoms with Crippen LogP contribution in [-0.2, 0) is 17.9 Å². The molecular formula is C21H24N4O3. The van der Waals surface area contributed by atoms with Crippen molar-refractivity contribution in [2.24, 2.45) is 5.92 Å². The zero-order valence-corrected chi connectivity index (χ0v) is 15.5. The topological polar surface area (TPSA) is 100 Å². The summed E-state index contributed by atoms with van der Waals surface area (Å²) in [5.74, 6) is 0.659. The van der Waals surface area contributed by atoms with Gasteiger partial charge in [-0.25, -0.2) is 4.98 Å². The zero-order chi connectivity index (χ0) is 19.5. The van der Waals surface area contributed by atoms with E-state index in [-0.39, 0.29) is 37.0 Å². The van der Waals surface area contributed by atoms with E-state index in [1.807, 2.05) is 47.0 Å². The minimum absolute atomic E-state index is 0.0845. The molecule has 1 aromatic carbocycles. The number of fused-ring (bicyclic) bond motifs is 1. The maximum absolute atomic E-state index is 12.7. The van der Waals surface area contributed by atoms with Crippen LogP contribution in [0.25, 0.3) is 11.0 Å². The lowest BCUT2D eigenvalue weighted by atomic mass is 9.76. The van der Waals surface area contributed by atoms with Crippen LogP contribution in [0.5, 0.6) is 0 Å². The second-order valence-electron chi connectivity index (χ2n) is 7.26. The van der Waals surface area contributed by atoms with Crippen LogP contribution in [0.1, 0.15) is 36.8 Å². The molecule has 7 nitrogen and oxygen atoms in total. The van der Waals surface area contributed by atoms with Gasteiger partial charge in [0.2, 0.25) is 5.91 Å². The third-order valence-electron chi connectivity index (χ3n) is 5.38. The van der Waals surface area contributed by atoms with Crippen LogP contribution < -0.4 is 5.32 Å². The van der Waals surface area contributed by atoms with Crippen LogP contribution in [0.15, 0.2) is 48.7 Å². The standard InChI is InChI=1S/C21H24N4O3/c26-13-19-23-16-5-1-2-7-18(16)25(19)10-8-20(28)24-21(14-11-15(27)12-14)17-6-3-4-9-22-17/h1-7,9,14-15,21,26-27H,8,10-13H2,(H,24,28). The molecule has 3 aromatic rings. The molecule has 1 atom stereocenters. The molecule has 1 unspecified atom stereocenters. The number of amides is 1. The van der Waals surface area contributed by atoms with Crippen molar-refractivity contribution in [3.63, 3.8) is 0 Å². The van der Waals surface area contributed by atoms with E-state index in [0.717, 1.165) is 16.7 Å². The fourth-order valence-corrected chi connectivity index (χ4v) is 3.85. The summed E-state index contributed by atoms with van der Waals surface area (Å²) in [5.41, 5.74) is 2.53. The van der Waals surface area contributed by atoms with Gasteiger partial charge >= 0.3 is 0 Å². The van der Waals surface area contributed by atoms with Crippen molar-refractivity contribution in [1.82, 2.24) is 19.9 Å². The first-order chi connectivity index (χ1) is 13.7. The molecule has 3 N–H and O–H groups in total. The Bertz CT molecular complexity index is 951. The van der Waals surface area contributed by atoms with Crippen LogP contribution in [0.3, 0.4) is 0 Å². The second-order valence-corrected chi connectivity index (χ2v) is 7.26. The summed E-state index contributed by atoms with van der Waals surface area (Å²) < 4.78 is 1.89. The Morgan fingerprint density at radius 2 is 2.00 bits per heavy atom. The van der Waals surface area contributed by atoms with Crippen molar-refractivity contribution in [1.29, 1.82) is 0 Å². The predicted octanol–water partition coefficient (Wildman–Crippen LogP) is 1.94. The van der Waals surface area contributed by atoms with Gasteiger partial charge in [-0.2, -0.15) is 0 Å². The van der Waals surface area contributed by atoms with Crippen LogP contribution in [-0.4, -0.2) is 36.8 Å². The highest BCUT2D eigenvalue weighted by atomic mass is 16.3. The van der Waals surface area contributed by atoms with E-state index in [4.69, 9.17) is 0 Å². The maximum atomic E-state index is 12.7. The number of rotatable bonds is 7. The second kappa shape index (κ2) is 8.08. The Balaban J connectivity index is 1.46. The van der Waals surface area contributed by atoms with E-state index >= 15 is 0 Å². The van der Waals surface area contributed by atoms with Gasteiger partial charge in [0.1, 0.15) is 12.4 Å². The molecule has 1 saturated carbocycles. The van der Waals surface area contributed by atoms with Crippen molar-refractivity contribution in [3.8, 4) is 0 Å². The van der Waals surface area contributed by atoms with E-state index in [9.17, 15) is 15.0 Å². The SMILES string of the molecule is O=C(CCn1c(CO)nc2ccccc21)NC(c1ccccn1)C1CC(O)C1. The van der Waals surface area contributed by atoms with E-state index in [1.54, 1.807) is 6.20 Å². The fraction of sp³-hybridized carbons (Fsp3) is 0.381. The zero-order valence-electron chi connectivity index (χ0n) is 15.5. The van der Waals surface area contributed by atoms with Crippen LogP contribution in [0.4, 0.5) is 0 Å². The van der Waals surface area contributed by atoms with Gasteiger partial charge in [-0.05, 0) is 43.0 Å². The minimum atomic E-state index is -0.294. The normalized spacial score (nSPS) is 19.9. The van der Waals surface area contributed by atoms with Gasteiger partial charge < -0.3 is 20.1 Å². The Morgan fingerprint density at radius 3 is 2.71 bits per heavy atom. The molecule has 0 aliphatic heterocycles. The molecule has 1 aliphatic rings. The molecule has 0 bridgehead atoms. The Hall–Kier alpha value is -2.77. The van der Waals surface area contributed by atoms with Gasteiger partial charge in [-0.15, -0.1) is 0 Å². The Morgan fingerprint density at radius 1 is 1.21 bits per heavy atom. The first-order valence-corrected chi connectivity index (χ1v) is 9.59. The lowest BCUT2D eigenvalue weighted by Gasteiger charge is -2.37. The number of carbonyl (C=O) groups is 1. The third kappa shape index (κ3) is 3.76. The number of nitrogens with zero attached hydrogens (tertiary/aromatic N) is 3. The number of hydrogen-bond donors (Lipinski definition) is 3. The number of imidazole rings is 1. The fourth-order valence-electron chi connectivity index (χ4n) is 3.85. The number of pyridine rings is 1. The van der Waals surface area contributed by atoms with Crippen LogP contribution in [0, 0.1) is 5.92 Å². The minimum Gasteiger partial charge on any atom is -0.393 e. The first-order valence-electron chi connectivity index (χ1n) is 9.59. The Kier molecular flexibility index (Phi) is 5.36. The van der Waals surface area contributed by atoms with Crippen molar-refractivity contribution >= 4 is 16.9 Å². The summed E-state index contributed by atoms with van der Waals surface area (Å²) >= 11 is 0. The molecule has 2 aromatic heterocycles. The number of hydrogen-bond acceptors (Lipinski definition) is 5. The van der Waals surface area contributed by atoms with Gasteiger partial charge in [-0.3, -0.25) is 9.78 Å². The molecule has 0 spiro atoms. The Labute approximate surface area is 163 Å². The van der Waals surface area contributed by atoms with Crippen molar-refractivity contribution in [3.05, 3.63) is 60.2 Å². The first kappa shape index (κ1) is 18.6. The van der Waals surface area contributed by atoms with Gasteiger partial charge in [0.15, 0.2) is 0 Å². The lowest BCUT2D eigenvalue weighted by Crippen LogP contribution is -2.42. The summed E-state index contributed by atoms with van der Waals surface area (Å²) in [4.78, 5) is 21.5. The molecule has 1 fully saturated rings. The maximum Gasteiger partial charge on any atom is 0.222 e. The number of para-hydroxylation sites is 2. The van der Waals surface area contributed by atoms with Crippen molar-refractivity contribution < 1.29 is 15.0 Å². The van der Waals surface area contributed by atoms with Crippen LogP contribution in [0.2, 0.25) is 0 Å². The summed E-state index contributed by atoms with van der Waals surface area (Å²) in [6, 6.07) is 13.1. The highest BCUT2D eigenvalue weighted by molar-refractivity contribution is 5.78. The van der Waals surface area contributed by atoms with Crippen molar-refractivity contribution in [2.75, 3.05) is 0 Å². The van der Waals surface area contributed by atoms with Gasteiger partial charge in [0.05, 0.1) is 28.9 Å². The van der Waals surface area contributed by atoms with E-state index < -0.39 is 0 Å². The number of nitrogens with one attached hydrogen (secondary N) is 1. The largest absolute Gasteiger partial charge is 0.393 e. The number of aromatic nitrogens is 3. The average Bonchev–Trinajstić information content (AvgIpc) is 3.07. The summed E-state index contributed by atoms with van der Waals surface area (Å²) in [6.45, 7) is 0.261. The molecule has 28 heavy (non-hydrogen) atoms. The molecular weight excluding hydrogens is 356 g/mol. The lowest BCUT2D eigenvalue weighted by molar-refractivity contribution is -0.123. The molecule has 4 rings (SSSR count). The molecule has 0 saturated heterocycles. The van der Waals surface area contributed by atoms with Gasteiger partial charge in [0, 0.05) is 19.2 Å². The average molecular weight is 380 g/mol. The summed E-state index contributed by atoms with van der Waals surface area (Å²) in [5, 5.41) is 22.4. The number of carbonyl (C=O) groups excluding carboxylic acids is 1. The monoisotopic (exact) mass is 380 g/mol. The molecule has 7 heteroatoms. The third-order valence-corrected chi connectivity index (χ3v) is 5.38. The molecule has 0 radical (unpaired) electrons. The predicted molar refractivity (Wildman–Crippen MR) is 104 cm³/mol. The highest BCUT2D eigenvalue weighted by Gasteiger charge is 2.36.